The summed E-state index contributed by atoms with van der Waals surface area (Å²) in [5.74, 6) is -0.0728. The molecule has 1 saturated carbocycles. The van der Waals surface area contributed by atoms with Gasteiger partial charge in [-0.2, -0.15) is 0 Å². The van der Waals surface area contributed by atoms with Gasteiger partial charge in [0.05, 0.1) is 4.83 Å². The number of hydrogen-bond donors (Lipinski definition) is 0. The number of rotatable bonds is 2. The Morgan fingerprint density at radius 3 is 2.77 bits per heavy atom. The third-order valence-electron chi connectivity index (χ3n) is 2.44. The van der Waals surface area contributed by atoms with Gasteiger partial charge in [-0.25, -0.2) is 0 Å². The summed E-state index contributed by atoms with van der Waals surface area (Å²) in [7, 11) is 0. The van der Waals surface area contributed by atoms with Gasteiger partial charge in [-0.3, -0.25) is 4.79 Å². The molecule has 0 heterocycles. The topological polar surface area (TPSA) is 26.3 Å². The fourth-order valence-electron chi connectivity index (χ4n) is 1.61. The van der Waals surface area contributed by atoms with E-state index < -0.39 is 0 Å². The number of ether oxygens (including phenoxy) is 1. The van der Waals surface area contributed by atoms with E-state index in [1.807, 2.05) is 6.92 Å². The average Bonchev–Trinajstić information content (AvgIpc) is 2.32. The Balaban J connectivity index is 2.40. The molecule has 0 aromatic rings. The van der Waals surface area contributed by atoms with E-state index in [1.165, 1.54) is 19.3 Å². The molecule has 2 atom stereocenters. The molecule has 1 fully saturated rings. The van der Waals surface area contributed by atoms with E-state index in [2.05, 4.69) is 15.9 Å². The summed E-state index contributed by atoms with van der Waals surface area (Å²) in [6, 6.07) is 0. The Bertz CT molecular complexity index is 170. The van der Waals surface area contributed by atoms with Crippen LogP contribution in [0.1, 0.15) is 45.4 Å². The van der Waals surface area contributed by atoms with Crippen LogP contribution in [0.3, 0.4) is 0 Å². The quantitative estimate of drug-likeness (QED) is 0.427. The Labute approximate surface area is 88.2 Å². The van der Waals surface area contributed by atoms with Crippen molar-refractivity contribution in [1.29, 1.82) is 0 Å². The zero-order valence-corrected chi connectivity index (χ0v) is 9.68. The van der Waals surface area contributed by atoms with Gasteiger partial charge in [-0.15, -0.1) is 0 Å². The highest BCUT2D eigenvalue weighted by molar-refractivity contribution is 9.09. The molecule has 0 spiro atoms. The molecule has 2 unspecified atom stereocenters. The van der Waals surface area contributed by atoms with Crippen molar-refractivity contribution in [2.24, 2.45) is 0 Å². The van der Waals surface area contributed by atoms with E-state index in [9.17, 15) is 4.79 Å². The lowest BCUT2D eigenvalue weighted by Crippen LogP contribution is -2.25. The van der Waals surface area contributed by atoms with Crippen LogP contribution in [-0.2, 0) is 9.53 Å². The Morgan fingerprint density at radius 2 is 2.08 bits per heavy atom. The monoisotopic (exact) mass is 248 g/mol. The SMILES string of the molecule is CCC(=O)OC1CCCCCC1Br. The maximum atomic E-state index is 11.1. The lowest BCUT2D eigenvalue weighted by atomic mass is 10.1. The molecule has 0 aromatic heterocycles. The zero-order chi connectivity index (χ0) is 9.68. The molecule has 13 heavy (non-hydrogen) atoms. The van der Waals surface area contributed by atoms with Crippen LogP contribution in [0.25, 0.3) is 0 Å². The van der Waals surface area contributed by atoms with Crippen LogP contribution in [-0.4, -0.2) is 16.9 Å². The van der Waals surface area contributed by atoms with Crippen LogP contribution < -0.4 is 0 Å². The van der Waals surface area contributed by atoms with Crippen LogP contribution in [0.5, 0.6) is 0 Å². The molecule has 0 amide bonds. The highest BCUT2D eigenvalue weighted by Crippen LogP contribution is 2.26. The molecule has 0 saturated heterocycles. The van der Waals surface area contributed by atoms with Crippen LogP contribution >= 0.6 is 15.9 Å². The molecule has 0 aromatic carbocycles. The van der Waals surface area contributed by atoms with Crippen molar-refractivity contribution in [3.05, 3.63) is 0 Å². The predicted octanol–water partition coefficient (Wildman–Crippen LogP) is 3.04. The predicted molar refractivity (Wildman–Crippen MR) is 56.0 cm³/mol. The Kier molecular flexibility index (Phi) is 4.78. The van der Waals surface area contributed by atoms with E-state index in [-0.39, 0.29) is 12.1 Å². The van der Waals surface area contributed by atoms with Gasteiger partial charge in [0.2, 0.25) is 0 Å². The molecule has 2 nitrogen and oxygen atoms in total. The van der Waals surface area contributed by atoms with Gasteiger partial charge in [-0.1, -0.05) is 35.7 Å². The second-order valence-corrected chi connectivity index (χ2v) is 4.71. The first-order valence-electron chi connectivity index (χ1n) is 5.07. The van der Waals surface area contributed by atoms with E-state index in [1.54, 1.807) is 0 Å². The fraction of sp³-hybridized carbons (Fsp3) is 0.900. The lowest BCUT2D eigenvalue weighted by molar-refractivity contribution is -0.148. The molecule has 0 radical (unpaired) electrons. The Hall–Kier alpha value is -0.0500. The number of hydrogen-bond acceptors (Lipinski definition) is 2. The first-order valence-corrected chi connectivity index (χ1v) is 5.99. The number of carbonyl (C=O) groups is 1. The maximum absolute atomic E-state index is 11.1. The van der Waals surface area contributed by atoms with Crippen LogP contribution in [0, 0.1) is 0 Å². The average molecular weight is 249 g/mol. The van der Waals surface area contributed by atoms with Crippen molar-refractivity contribution in [3.8, 4) is 0 Å². The third-order valence-corrected chi connectivity index (χ3v) is 3.49. The first-order chi connectivity index (χ1) is 6.24. The summed E-state index contributed by atoms with van der Waals surface area (Å²) in [6.45, 7) is 1.84. The molecule has 0 N–H and O–H groups in total. The van der Waals surface area contributed by atoms with E-state index in [0.29, 0.717) is 11.2 Å². The summed E-state index contributed by atoms with van der Waals surface area (Å²) in [6.07, 6.45) is 6.43. The first kappa shape index (κ1) is 11.0. The van der Waals surface area contributed by atoms with Crippen LogP contribution in [0.4, 0.5) is 0 Å². The molecular weight excluding hydrogens is 232 g/mol. The number of carbonyl (C=O) groups excluding carboxylic acids is 1. The van der Waals surface area contributed by atoms with Crippen LogP contribution in [0.2, 0.25) is 0 Å². The normalized spacial score (nSPS) is 29.4. The van der Waals surface area contributed by atoms with Gasteiger partial charge < -0.3 is 4.74 Å². The maximum Gasteiger partial charge on any atom is 0.305 e. The van der Waals surface area contributed by atoms with Gasteiger partial charge >= 0.3 is 5.97 Å². The van der Waals surface area contributed by atoms with Gasteiger partial charge in [0, 0.05) is 6.42 Å². The summed E-state index contributed by atoms with van der Waals surface area (Å²) in [5.41, 5.74) is 0. The van der Waals surface area contributed by atoms with E-state index in [4.69, 9.17) is 4.74 Å². The number of alkyl halides is 1. The van der Waals surface area contributed by atoms with E-state index >= 15 is 0 Å². The molecule has 3 heteroatoms. The molecule has 1 rings (SSSR count). The smallest absolute Gasteiger partial charge is 0.305 e. The van der Waals surface area contributed by atoms with Crippen molar-refractivity contribution in [2.45, 2.75) is 56.4 Å². The van der Waals surface area contributed by atoms with Gasteiger partial charge in [-0.05, 0) is 19.3 Å². The van der Waals surface area contributed by atoms with Crippen molar-refractivity contribution >= 4 is 21.9 Å². The summed E-state index contributed by atoms with van der Waals surface area (Å²) in [4.78, 5) is 11.5. The number of halogens is 1. The molecular formula is C10H17BrO2. The zero-order valence-electron chi connectivity index (χ0n) is 8.09. The second kappa shape index (κ2) is 5.63. The van der Waals surface area contributed by atoms with Gasteiger partial charge in [0.25, 0.3) is 0 Å². The lowest BCUT2D eigenvalue weighted by Gasteiger charge is -2.19. The van der Waals surface area contributed by atoms with Crippen molar-refractivity contribution in [3.63, 3.8) is 0 Å². The van der Waals surface area contributed by atoms with Gasteiger partial charge in [0.1, 0.15) is 6.10 Å². The minimum absolute atomic E-state index is 0.0728. The van der Waals surface area contributed by atoms with Crippen molar-refractivity contribution < 1.29 is 9.53 Å². The molecule has 1 aliphatic rings. The second-order valence-electron chi connectivity index (χ2n) is 3.54. The minimum atomic E-state index is -0.0728. The van der Waals surface area contributed by atoms with Crippen LogP contribution in [0.15, 0.2) is 0 Å². The fourth-order valence-corrected chi connectivity index (χ4v) is 2.31. The molecule has 76 valence electrons. The number of esters is 1. The molecule has 0 bridgehead atoms. The summed E-state index contributed by atoms with van der Waals surface area (Å²) >= 11 is 3.59. The molecule has 0 aliphatic heterocycles. The standard InChI is InChI=1S/C10H17BrO2/c1-2-10(12)13-9-7-5-3-4-6-8(9)11/h8-9H,2-7H2,1H3. The van der Waals surface area contributed by atoms with Crippen molar-refractivity contribution in [2.75, 3.05) is 0 Å². The summed E-state index contributed by atoms with van der Waals surface area (Å²) < 4.78 is 5.35. The largest absolute Gasteiger partial charge is 0.461 e. The van der Waals surface area contributed by atoms with Crippen molar-refractivity contribution in [1.82, 2.24) is 0 Å². The third kappa shape index (κ3) is 3.67. The van der Waals surface area contributed by atoms with Gasteiger partial charge in [0.15, 0.2) is 0 Å². The highest BCUT2D eigenvalue weighted by atomic mass is 79.9. The highest BCUT2D eigenvalue weighted by Gasteiger charge is 2.23. The molecule has 1 aliphatic carbocycles. The van der Waals surface area contributed by atoms with E-state index in [0.717, 1.165) is 12.8 Å². The Morgan fingerprint density at radius 1 is 1.38 bits per heavy atom. The minimum Gasteiger partial charge on any atom is -0.461 e. The summed E-state index contributed by atoms with van der Waals surface area (Å²) in [5, 5.41) is 0.